The molecule has 0 atom stereocenters. The molecule has 0 amide bonds. The molecule has 0 spiro atoms. The zero-order valence-electron chi connectivity index (χ0n) is 8.68. The first-order chi connectivity index (χ1) is 7.35. The van der Waals surface area contributed by atoms with Crippen LogP contribution in [0.4, 0.5) is 4.39 Å². The molecule has 0 bridgehead atoms. The van der Waals surface area contributed by atoms with Crippen LogP contribution in [0.3, 0.4) is 0 Å². The molecule has 1 aromatic carbocycles. The summed E-state index contributed by atoms with van der Waals surface area (Å²) in [6.45, 7) is 0.596. The van der Waals surface area contributed by atoms with E-state index in [1.54, 1.807) is 6.07 Å². The molecule has 0 radical (unpaired) electrons. The molecule has 4 heteroatoms. The van der Waals surface area contributed by atoms with Gasteiger partial charge >= 0.3 is 0 Å². The average molecular weight is 211 g/mol. The van der Waals surface area contributed by atoms with Gasteiger partial charge in [0.15, 0.2) is 11.5 Å². The van der Waals surface area contributed by atoms with E-state index >= 15 is 0 Å². The van der Waals surface area contributed by atoms with Crippen LogP contribution in [0.5, 0.6) is 11.5 Å². The van der Waals surface area contributed by atoms with E-state index in [0.29, 0.717) is 11.3 Å². The minimum Gasteiger partial charge on any atom is -0.454 e. The van der Waals surface area contributed by atoms with Crippen molar-refractivity contribution in [3.63, 3.8) is 0 Å². The fourth-order valence-electron chi connectivity index (χ4n) is 1.64. The highest BCUT2D eigenvalue weighted by molar-refractivity contribution is 5.48. The molecule has 1 aliphatic rings. The second kappa shape index (κ2) is 4.49. The Bertz CT molecular complexity index is 355. The van der Waals surface area contributed by atoms with Gasteiger partial charge in [-0.15, -0.1) is 0 Å². The predicted octanol–water partition coefficient (Wildman–Crippen LogP) is 1.65. The lowest BCUT2D eigenvalue weighted by Crippen LogP contribution is -2.11. The number of benzene rings is 1. The third kappa shape index (κ3) is 2.04. The van der Waals surface area contributed by atoms with Gasteiger partial charge in [0.1, 0.15) is 6.67 Å². The molecule has 2 rings (SSSR count). The highest BCUT2D eigenvalue weighted by Crippen LogP contribution is 2.35. The van der Waals surface area contributed by atoms with E-state index < -0.39 is 6.67 Å². The normalized spacial score (nSPS) is 13.2. The third-order valence-electron chi connectivity index (χ3n) is 2.48. The molecule has 0 saturated carbocycles. The molecule has 0 aliphatic carbocycles. The maximum Gasteiger partial charge on any atom is 0.231 e. The number of likely N-dealkylation sites (N-methyl/N-ethyl adjacent to an activating group) is 1. The molecule has 0 fully saturated rings. The van der Waals surface area contributed by atoms with Crippen molar-refractivity contribution in [2.45, 2.75) is 13.1 Å². The summed E-state index contributed by atoms with van der Waals surface area (Å²) in [4.78, 5) is 0. The highest BCUT2D eigenvalue weighted by atomic mass is 19.1. The van der Waals surface area contributed by atoms with Crippen molar-refractivity contribution in [1.29, 1.82) is 0 Å². The molecular formula is C11H14FNO2. The summed E-state index contributed by atoms with van der Waals surface area (Å²) in [6, 6.07) is 3.60. The smallest absolute Gasteiger partial charge is 0.231 e. The lowest BCUT2D eigenvalue weighted by molar-refractivity contribution is 0.174. The number of fused-ring (bicyclic) bond motifs is 1. The van der Waals surface area contributed by atoms with E-state index in [4.69, 9.17) is 9.47 Å². The van der Waals surface area contributed by atoms with Crippen LogP contribution in [0, 0.1) is 0 Å². The first-order valence-corrected chi connectivity index (χ1v) is 4.97. The summed E-state index contributed by atoms with van der Waals surface area (Å²) in [5.41, 5.74) is 1.67. The van der Waals surface area contributed by atoms with Crippen molar-refractivity contribution in [2.75, 3.05) is 20.4 Å². The zero-order chi connectivity index (χ0) is 10.7. The van der Waals surface area contributed by atoms with E-state index in [1.165, 1.54) is 0 Å². The monoisotopic (exact) mass is 211 g/mol. The Kier molecular flexibility index (Phi) is 3.06. The van der Waals surface area contributed by atoms with Crippen molar-refractivity contribution in [3.05, 3.63) is 23.3 Å². The number of ether oxygens (including phenoxy) is 2. The number of nitrogens with one attached hydrogen (secondary N) is 1. The lowest BCUT2D eigenvalue weighted by Gasteiger charge is -2.07. The fraction of sp³-hybridized carbons (Fsp3) is 0.455. The second-order valence-electron chi connectivity index (χ2n) is 3.46. The number of rotatable bonds is 4. The Morgan fingerprint density at radius 3 is 2.53 bits per heavy atom. The Morgan fingerprint density at radius 2 is 1.93 bits per heavy atom. The van der Waals surface area contributed by atoms with Crippen LogP contribution in [0.1, 0.15) is 11.1 Å². The number of hydrogen-bond acceptors (Lipinski definition) is 3. The summed E-state index contributed by atoms with van der Waals surface area (Å²) in [6.07, 6.45) is 0.798. The van der Waals surface area contributed by atoms with Gasteiger partial charge < -0.3 is 14.8 Å². The van der Waals surface area contributed by atoms with E-state index in [1.807, 2.05) is 13.1 Å². The largest absolute Gasteiger partial charge is 0.454 e. The van der Waals surface area contributed by atoms with Crippen molar-refractivity contribution in [2.24, 2.45) is 0 Å². The number of hydrogen-bond donors (Lipinski definition) is 1. The van der Waals surface area contributed by atoms with Crippen molar-refractivity contribution in [3.8, 4) is 11.5 Å². The summed E-state index contributed by atoms with van der Waals surface area (Å²) in [5.74, 6) is 1.37. The Morgan fingerprint density at radius 1 is 1.27 bits per heavy atom. The molecule has 1 aromatic rings. The Hall–Kier alpha value is -1.29. The van der Waals surface area contributed by atoms with Crippen LogP contribution in [0.15, 0.2) is 12.1 Å². The Labute approximate surface area is 88.2 Å². The maximum atomic E-state index is 12.8. The van der Waals surface area contributed by atoms with Crippen LogP contribution in [-0.2, 0) is 13.1 Å². The number of alkyl halides is 1. The molecule has 1 aliphatic heterocycles. The summed E-state index contributed by atoms with van der Waals surface area (Å²) in [7, 11) is 1.88. The van der Waals surface area contributed by atoms with Crippen LogP contribution in [0.25, 0.3) is 0 Å². The van der Waals surface area contributed by atoms with E-state index in [0.717, 1.165) is 24.3 Å². The molecule has 15 heavy (non-hydrogen) atoms. The van der Waals surface area contributed by atoms with Gasteiger partial charge in [-0.25, -0.2) is 4.39 Å². The Balaban J connectivity index is 2.27. The summed E-state index contributed by atoms with van der Waals surface area (Å²) in [5, 5.41) is 3.04. The van der Waals surface area contributed by atoms with E-state index in [2.05, 4.69) is 5.32 Å². The van der Waals surface area contributed by atoms with Crippen LogP contribution < -0.4 is 14.8 Å². The third-order valence-corrected chi connectivity index (χ3v) is 2.48. The molecule has 0 unspecified atom stereocenters. The average Bonchev–Trinajstić information content (AvgIpc) is 2.71. The van der Waals surface area contributed by atoms with E-state index in [9.17, 15) is 4.39 Å². The molecule has 0 aromatic heterocycles. The minimum atomic E-state index is -0.463. The van der Waals surface area contributed by atoms with Gasteiger partial charge in [0.2, 0.25) is 6.79 Å². The van der Waals surface area contributed by atoms with E-state index in [-0.39, 0.29) is 6.79 Å². The van der Waals surface area contributed by atoms with Gasteiger partial charge in [-0.05, 0) is 43.3 Å². The fourth-order valence-corrected chi connectivity index (χ4v) is 1.64. The van der Waals surface area contributed by atoms with Crippen molar-refractivity contribution in [1.82, 2.24) is 5.32 Å². The van der Waals surface area contributed by atoms with Gasteiger partial charge in [-0.2, -0.15) is 0 Å². The van der Waals surface area contributed by atoms with Gasteiger partial charge in [-0.3, -0.25) is 0 Å². The first kappa shape index (κ1) is 10.2. The summed E-state index contributed by atoms with van der Waals surface area (Å²) >= 11 is 0. The predicted molar refractivity (Wildman–Crippen MR) is 55.0 cm³/mol. The maximum absolute atomic E-state index is 12.8. The highest BCUT2D eigenvalue weighted by Gasteiger charge is 2.16. The zero-order valence-corrected chi connectivity index (χ0v) is 8.68. The first-order valence-electron chi connectivity index (χ1n) is 4.97. The molecule has 1 heterocycles. The topological polar surface area (TPSA) is 30.5 Å². The SMILES string of the molecule is CNCCc1cc2c(cc1CF)OCO2. The quantitative estimate of drug-likeness (QED) is 0.821. The minimum absolute atomic E-state index is 0.233. The van der Waals surface area contributed by atoms with Crippen molar-refractivity contribution >= 4 is 0 Å². The molecule has 1 N–H and O–H groups in total. The second-order valence-corrected chi connectivity index (χ2v) is 3.46. The lowest BCUT2D eigenvalue weighted by atomic mass is 10.0. The standard InChI is InChI=1S/C11H14FNO2/c1-13-3-2-8-4-10-11(15-7-14-10)5-9(8)6-12/h4-5,13H,2-3,6-7H2,1H3. The molecule has 0 saturated heterocycles. The van der Waals surface area contributed by atoms with Crippen LogP contribution in [0.2, 0.25) is 0 Å². The van der Waals surface area contributed by atoms with Gasteiger partial charge in [-0.1, -0.05) is 0 Å². The number of halogens is 1. The van der Waals surface area contributed by atoms with Gasteiger partial charge in [0, 0.05) is 0 Å². The van der Waals surface area contributed by atoms with Gasteiger partial charge in [0.05, 0.1) is 0 Å². The molecular weight excluding hydrogens is 197 g/mol. The van der Waals surface area contributed by atoms with Gasteiger partial charge in [0.25, 0.3) is 0 Å². The van der Waals surface area contributed by atoms with Crippen LogP contribution in [-0.4, -0.2) is 20.4 Å². The molecule has 3 nitrogen and oxygen atoms in total. The van der Waals surface area contributed by atoms with Crippen molar-refractivity contribution < 1.29 is 13.9 Å². The van der Waals surface area contributed by atoms with Crippen LogP contribution >= 0.6 is 0 Å². The summed E-state index contributed by atoms with van der Waals surface area (Å²) < 4.78 is 23.2. The molecule has 82 valence electrons.